The van der Waals surface area contributed by atoms with E-state index in [-0.39, 0.29) is 30.3 Å². The number of alkyl halides is 3. The molecule has 32 heavy (non-hydrogen) atoms. The molecule has 2 aliphatic rings. The molecule has 0 spiro atoms. The molecule has 1 saturated heterocycles. The van der Waals surface area contributed by atoms with Gasteiger partial charge in [0.2, 0.25) is 0 Å². The fourth-order valence-electron chi connectivity index (χ4n) is 3.51. The maximum absolute atomic E-state index is 12.9. The zero-order chi connectivity index (χ0) is 23.6. The summed E-state index contributed by atoms with van der Waals surface area (Å²) >= 11 is 0. The van der Waals surface area contributed by atoms with Gasteiger partial charge in [-0.2, -0.15) is 10.2 Å². The van der Waals surface area contributed by atoms with Crippen molar-refractivity contribution in [1.82, 2.24) is 0 Å². The van der Waals surface area contributed by atoms with Crippen LogP contribution < -0.4 is 4.74 Å². The summed E-state index contributed by atoms with van der Waals surface area (Å²) in [4.78, 5) is 12.9. The topological polar surface area (TPSA) is 94.4 Å². The number of benzene rings is 1. The lowest BCUT2D eigenvalue weighted by molar-refractivity contribution is -0.274. The molecule has 2 aliphatic heterocycles. The largest absolute Gasteiger partial charge is 0.573 e. The predicted molar refractivity (Wildman–Crippen MR) is 113 cm³/mol. The summed E-state index contributed by atoms with van der Waals surface area (Å²) in [5.74, 6) is -0.902. The van der Waals surface area contributed by atoms with Gasteiger partial charge in [0.05, 0.1) is 17.2 Å². The molecule has 2 heterocycles. The molecule has 1 aromatic carbocycles. The highest BCUT2D eigenvalue weighted by atomic mass is 32.2. The van der Waals surface area contributed by atoms with Crippen LogP contribution in [0.5, 0.6) is 5.75 Å². The molecule has 0 N–H and O–H groups in total. The van der Waals surface area contributed by atoms with Gasteiger partial charge in [-0.15, -0.1) is 13.2 Å². The van der Waals surface area contributed by atoms with Crippen molar-refractivity contribution in [3.63, 3.8) is 0 Å². The molecule has 7 nitrogen and oxygen atoms in total. The molecule has 176 valence electrons. The van der Waals surface area contributed by atoms with E-state index in [9.17, 15) is 26.4 Å². The number of carbonyl (C=O) groups is 1. The summed E-state index contributed by atoms with van der Waals surface area (Å²) in [6.07, 6.45) is -3.43. The third kappa shape index (κ3) is 5.94. The van der Waals surface area contributed by atoms with Crippen LogP contribution in [-0.2, 0) is 19.4 Å². The molecule has 0 amide bonds. The van der Waals surface area contributed by atoms with Gasteiger partial charge in [0.1, 0.15) is 10.5 Å². The lowest BCUT2D eigenvalue weighted by Crippen LogP contribution is -2.44. The van der Waals surface area contributed by atoms with E-state index in [1.807, 2.05) is 0 Å². The first-order valence-electron chi connectivity index (χ1n) is 10.2. The molecule has 0 saturated carbocycles. The Kier molecular flexibility index (Phi) is 7.09. The van der Waals surface area contributed by atoms with Gasteiger partial charge in [-0.05, 0) is 62.4 Å². The zero-order valence-corrected chi connectivity index (χ0v) is 18.6. The second-order valence-electron chi connectivity index (χ2n) is 8.41. The number of nitrogens with zero attached hydrogens (tertiary/aromatic N) is 2. The second-order valence-corrected chi connectivity index (χ2v) is 11.0. The van der Waals surface area contributed by atoms with Gasteiger partial charge in [0.15, 0.2) is 15.6 Å². The van der Waals surface area contributed by atoms with Crippen LogP contribution in [0.4, 0.5) is 13.2 Å². The maximum atomic E-state index is 12.9. The highest BCUT2D eigenvalue weighted by molar-refractivity contribution is 7.93. The van der Waals surface area contributed by atoms with Crippen molar-refractivity contribution >= 4 is 27.0 Å². The minimum atomic E-state index is -4.78. The van der Waals surface area contributed by atoms with Crippen LogP contribution in [-0.4, -0.2) is 55.7 Å². The van der Waals surface area contributed by atoms with E-state index >= 15 is 0 Å². The first-order valence-corrected chi connectivity index (χ1v) is 11.8. The van der Waals surface area contributed by atoms with E-state index in [0.717, 1.165) is 0 Å². The summed E-state index contributed by atoms with van der Waals surface area (Å²) in [6.45, 7) is 3.88. The van der Waals surface area contributed by atoms with Gasteiger partial charge in [-0.25, -0.2) is 8.42 Å². The van der Waals surface area contributed by atoms with Crippen molar-refractivity contribution in [2.45, 2.75) is 50.6 Å². The Bertz CT molecular complexity index is 1010. The number of hydrogen-bond donors (Lipinski definition) is 0. The van der Waals surface area contributed by atoms with Crippen molar-refractivity contribution in [2.75, 3.05) is 19.0 Å². The van der Waals surface area contributed by atoms with Crippen molar-refractivity contribution in [3.05, 3.63) is 29.8 Å². The minimum Gasteiger partial charge on any atom is -0.406 e. The fraction of sp³-hybridized carbons (Fsp3) is 0.571. The monoisotopic (exact) mass is 474 g/mol. The molecule has 0 aromatic heterocycles. The Morgan fingerprint density at radius 2 is 1.75 bits per heavy atom. The molecule has 1 aromatic rings. The lowest BCUT2D eigenvalue weighted by atomic mass is 9.98. The van der Waals surface area contributed by atoms with Gasteiger partial charge >= 0.3 is 6.36 Å². The highest BCUT2D eigenvalue weighted by Crippen LogP contribution is 2.28. The van der Waals surface area contributed by atoms with Crippen molar-refractivity contribution in [2.24, 2.45) is 16.1 Å². The molecular weight excluding hydrogens is 449 g/mol. The predicted octanol–water partition coefficient (Wildman–Crippen LogP) is 3.71. The standard InChI is InChI=1S/C21H25F3N2O5S/c1-20(2,32(28,29)13-14-7-9-30-10-8-14)19(27)12-16-11-18(26-25-16)15-3-5-17(6-4-15)31-21(22,23)24/h3-6,14H,7-13H2,1-2H3. The number of sulfone groups is 1. The first-order chi connectivity index (χ1) is 14.9. The van der Waals surface area contributed by atoms with Gasteiger partial charge in [0, 0.05) is 26.1 Å². The van der Waals surface area contributed by atoms with Crippen molar-refractivity contribution < 1.29 is 35.9 Å². The van der Waals surface area contributed by atoms with Crippen LogP contribution in [0.25, 0.3) is 0 Å². The number of carbonyl (C=O) groups excluding carboxylic acids is 1. The Labute approximate surface area is 184 Å². The SMILES string of the molecule is CC(C)(C(=O)CC1=NN=C(c2ccc(OC(F)(F)F)cc2)C1)S(=O)(=O)CC1CCOCC1. The van der Waals surface area contributed by atoms with E-state index in [2.05, 4.69) is 14.9 Å². The Balaban J connectivity index is 1.58. The lowest BCUT2D eigenvalue weighted by Gasteiger charge is -2.28. The highest BCUT2D eigenvalue weighted by Gasteiger charge is 2.43. The van der Waals surface area contributed by atoms with Crippen LogP contribution in [0, 0.1) is 5.92 Å². The normalized spacial score (nSPS) is 18.3. The molecule has 0 atom stereocenters. The Hall–Kier alpha value is -2.27. The van der Waals surface area contributed by atoms with Gasteiger partial charge in [0.25, 0.3) is 0 Å². The Morgan fingerprint density at radius 1 is 1.12 bits per heavy atom. The average Bonchev–Trinajstić information content (AvgIpc) is 3.16. The molecule has 0 bridgehead atoms. The van der Waals surface area contributed by atoms with Crippen molar-refractivity contribution in [3.8, 4) is 5.75 Å². The van der Waals surface area contributed by atoms with Gasteiger partial charge in [-0.3, -0.25) is 4.79 Å². The number of halogens is 3. The smallest absolute Gasteiger partial charge is 0.406 e. The van der Waals surface area contributed by atoms with Crippen LogP contribution in [0.2, 0.25) is 0 Å². The van der Waals surface area contributed by atoms with Crippen LogP contribution in [0.1, 0.15) is 45.1 Å². The molecular formula is C21H25F3N2O5S. The number of ketones is 1. The van der Waals surface area contributed by atoms with Gasteiger partial charge in [-0.1, -0.05) is 0 Å². The Morgan fingerprint density at radius 3 is 2.34 bits per heavy atom. The molecule has 11 heteroatoms. The van der Waals surface area contributed by atoms with E-state index in [4.69, 9.17) is 4.74 Å². The van der Waals surface area contributed by atoms with Gasteiger partial charge < -0.3 is 9.47 Å². The summed E-state index contributed by atoms with van der Waals surface area (Å²) in [6, 6.07) is 5.17. The summed E-state index contributed by atoms with van der Waals surface area (Å²) in [7, 11) is -3.69. The summed E-state index contributed by atoms with van der Waals surface area (Å²) in [5, 5.41) is 8.00. The summed E-state index contributed by atoms with van der Waals surface area (Å²) < 4.78 is 70.2. The molecule has 0 aliphatic carbocycles. The number of Topliss-reactive ketones (excluding diaryl/α,β-unsaturated/α-hetero) is 1. The second kappa shape index (κ2) is 9.30. The maximum Gasteiger partial charge on any atom is 0.573 e. The van der Waals surface area contributed by atoms with Crippen LogP contribution in [0.3, 0.4) is 0 Å². The molecule has 0 radical (unpaired) electrons. The number of rotatable bonds is 8. The first kappa shape index (κ1) is 24.4. The quantitative estimate of drug-likeness (QED) is 0.573. The van der Waals surface area contributed by atoms with Crippen molar-refractivity contribution in [1.29, 1.82) is 0 Å². The average molecular weight is 475 g/mol. The summed E-state index contributed by atoms with van der Waals surface area (Å²) in [5.41, 5.74) is 1.43. The van der Waals surface area contributed by atoms with E-state index in [0.29, 0.717) is 43.0 Å². The molecule has 0 unspecified atom stereocenters. The number of hydrogen-bond acceptors (Lipinski definition) is 7. The van der Waals surface area contributed by atoms with E-state index in [1.54, 1.807) is 0 Å². The zero-order valence-electron chi connectivity index (χ0n) is 17.8. The minimum absolute atomic E-state index is 0.0242. The molecule has 1 fully saturated rings. The third-order valence-electron chi connectivity index (χ3n) is 5.71. The van der Waals surface area contributed by atoms with Crippen LogP contribution in [0.15, 0.2) is 34.5 Å². The van der Waals surface area contributed by atoms with Crippen LogP contribution >= 0.6 is 0 Å². The van der Waals surface area contributed by atoms with E-state index in [1.165, 1.54) is 38.1 Å². The fourth-order valence-corrected chi connectivity index (χ4v) is 5.29. The molecule has 3 rings (SSSR count). The number of ether oxygens (including phenoxy) is 2. The third-order valence-corrected chi connectivity index (χ3v) is 8.41. The van der Waals surface area contributed by atoms with E-state index < -0.39 is 26.7 Å².